The van der Waals surface area contributed by atoms with Gasteiger partial charge in [0.15, 0.2) is 17.5 Å². The van der Waals surface area contributed by atoms with Gasteiger partial charge in [0.2, 0.25) is 0 Å². The van der Waals surface area contributed by atoms with E-state index in [0.29, 0.717) is 17.5 Å². The zero-order valence-electron chi connectivity index (χ0n) is 28.0. The van der Waals surface area contributed by atoms with Gasteiger partial charge in [-0.3, -0.25) is 0 Å². The monoisotopic (exact) mass is 730 g/mol. The van der Waals surface area contributed by atoms with Crippen molar-refractivity contribution in [2.45, 2.75) is 0 Å². The van der Waals surface area contributed by atoms with Gasteiger partial charge in [-0.05, 0) is 53.6 Å². The van der Waals surface area contributed by atoms with E-state index in [1.54, 1.807) is 22.7 Å². The molecule has 0 radical (unpaired) electrons. The molecular weight excluding hydrogens is 705 g/mol. The molecule has 0 unspecified atom stereocenters. The van der Waals surface area contributed by atoms with E-state index >= 15 is 0 Å². The maximum Gasteiger partial charge on any atom is 0.164 e. The minimum Gasteiger partial charge on any atom is -0.236 e. The summed E-state index contributed by atoms with van der Waals surface area (Å²) in [5.41, 5.74) is 7.37. The summed E-state index contributed by atoms with van der Waals surface area (Å²) in [6.45, 7) is 0. The van der Waals surface area contributed by atoms with E-state index < -0.39 is 0 Å². The normalized spacial score (nSPS) is 11.8. The van der Waals surface area contributed by atoms with E-state index in [4.69, 9.17) is 19.9 Å². The number of thiophene rings is 2. The largest absolute Gasteiger partial charge is 0.236 e. The minimum atomic E-state index is 0.644. The Balaban J connectivity index is 1.09. The number of hydrogen-bond donors (Lipinski definition) is 0. The molecule has 4 aromatic heterocycles. The van der Waals surface area contributed by atoms with Gasteiger partial charge in [-0.15, -0.1) is 34.0 Å². The molecule has 4 heterocycles. The molecule has 7 aromatic carbocycles. The zero-order chi connectivity index (χ0) is 34.9. The molecular formula is C46H26N4S3. The first kappa shape index (κ1) is 30.5. The summed E-state index contributed by atoms with van der Waals surface area (Å²) in [6, 6.07) is 55.5. The number of rotatable bonds is 5. The van der Waals surface area contributed by atoms with Crippen molar-refractivity contribution >= 4 is 84.6 Å². The number of thiazole rings is 1. The van der Waals surface area contributed by atoms with Crippen LogP contribution in [-0.2, 0) is 0 Å². The molecule has 248 valence electrons. The van der Waals surface area contributed by atoms with Crippen LogP contribution in [0.1, 0.15) is 0 Å². The van der Waals surface area contributed by atoms with E-state index in [1.807, 2.05) is 35.6 Å². The van der Waals surface area contributed by atoms with Crippen LogP contribution in [0.2, 0.25) is 0 Å². The van der Waals surface area contributed by atoms with Crippen LogP contribution in [0.4, 0.5) is 0 Å². The van der Waals surface area contributed by atoms with Crippen LogP contribution in [0.3, 0.4) is 0 Å². The van der Waals surface area contributed by atoms with Crippen molar-refractivity contribution in [1.29, 1.82) is 0 Å². The van der Waals surface area contributed by atoms with Gasteiger partial charge in [-0.2, -0.15) is 0 Å². The molecule has 0 aliphatic heterocycles. The summed E-state index contributed by atoms with van der Waals surface area (Å²) in [7, 11) is 0. The third-order valence-electron chi connectivity index (χ3n) is 9.78. The Morgan fingerprint density at radius 1 is 0.340 bits per heavy atom. The van der Waals surface area contributed by atoms with Gasteiger partial charge in [-0.25, -0.2) is 19.9 Å². The van der Waals surface area contributed by atoms with Crippen LogP contribution in [0.25, 0.3) is 106 Å². The van der Waals surface area contributed by atoms with Crippen LogP contribution in [-0.4, -0.2) is 19.9 Å². The highest BCUT2D eigenvalue weighted by molar-refractivity contribution is 7.26. The Morgan fingerprint density at radius 2 is 1.00 bits per heavy atom. The van der Waals surface area contributed by atoms with Gasteiger partial charge in [0.05, 0.1) is 10.2 Å². The summed E-state index contributed by atoms with van der Waals surface area (Å²) in [5.74, 6) is 1.95. The number of benzene rings is 7. The van der Waals surface area contributed by atoms with Gasteiger partial charge < -0.3 is 0 Å². The Hall–Kier alpha value is -6.12. The molecule has 4 nitrogen and oxygen atoms in total. The fourth-order valence-corrected chi connectivity index (χ4v) is 10.6. The molecule has 0 aliphatic rings. The van der Waals surface area contributed by atoms with Crippen LogP contribution < -0.4 is 0 Å². The molecule has 0 bridgehead atoms. The molecule has 0 amide bonds. The maximum atomic E-state index is 5.25. The fourth-order valence-electron chi connectivity index (χ4n) is 7.28. The van der Waals surface area contributed by atoms with Crippen LogP contribution in [0.15, 0.2) is 158 Å². The smallest absolute Gasteiger partial charge is 0.164 e. The lowest BCUT2D eigenvalue weighted by molar-refractivity contribution is 1.08. The lowest BCUT2D eigenvalue weighted by atomic mass is 10.0. The molecule has 0 fully saturated rings. The first-order valence-corrected chi connectivity index (χ1v) is 19.8. The summed E-state index contributed by atoms with van der Waals surface area (Å²) >= 11 is 5.37. The Morgan fingerprint density at radius 3 is 1.91 bits per heavy atom. The fraction of sp³-hybridized carbons (Fsp3) is 0. The molecule has 0 atom stereocenters. The predicted octanol–water partition coefficient (Wildman–Crippen LogP) is 13.6. The number of aromatic nitrogens is 4. The average Bonchev–Trinajstić information content (AvgIpc) is 3.94. The lowest BCUT2D eigenvalue weighted by Crippen LogP contribution is -2.00. The second-order valence-electron chi connectivity index (χ2n) is 13.0. The van der Waals surface area contributed by atoms with Gasteiger partial charge in [0.1, 0.15) is 5.01 Å². The third-order valence-corrected chi connectivity index (χ3v) is 13.2. The first-order valence-electron chi connectivity index (χ1n) is 17.4. The van der Waals surface area contributed by atoms with E-state index in [1.165, 1.54) is 45.2 Å². The topological polar surface area (TPSA) is 51.6 Å². The lowest BCUT2D eigenvalue weighted by Gasteiger charge is -2.11. The minimum absolute atomic E-state index is 0.644. The van der Waals surface area contributed by atoms with Crippen molar-refractivity contribution in [3.8, 4) is 55.9 Å². The van der Waals surface area contributed by atoms with Gasteiger partial charge in [-0.1, -0.05) is 115 Å². The van der Waals surface area contributed by atoms with Crippen molar-refractivity contribution in [1.82, 2.24) is 19.9 Å². The second-order valence-corrected chi connectivity index (χ2v) is 16.2. The standard InChI is InChI=1S/C46H26N4S3/c1-2-11-27(12-3-1)43-48-44(29-14-8-13-28(25-29)31-16-9-17-33-32-15-4-6-20-37(32)52-42(31)33)50-45(49-43)34-18-10-22-40-41(34)35-26-30(23-24-38(35)51-40)46-47-36-19-5-7-21-39(36)53-46/h1-26H. The van der Waals surface area contributed by atoms with Crippen LogP contribution in [0.5, 0.6) is 0 Å². The molecule has 0 N–H and O–H groups in total. The number of nitrogens with zero attached hydrogens (tertiary/aromatic N) is 4. The van der Waals surface area contributed by atoms with Gasteiger partial charge in [0.25, 0.3) is 0 Å². The number of hydrogen-bond acceptors (Lipinski definition) is 7. The molecule has 0 spiro atoms. The Labute approximate surface area is 316 Å². The summed E-state index contributed by atoms with van der Waals surface area (Å²) in [5, 5.41) is 5.92. The third kappa shape index (κ3) is 5.16. The number of para-hydroxylation sites is 1. The van der Waals surface area contributed by atoms with Gasteiger partial charge >= 0.3 is 0 Å². The highest BCUT2D eigenvalue weighted by Gasteiger charge is 2.19. The van der Waals surface area contributed by atoms with Crippen molar-refractivity contribution < 1.29 is 0 Å². The van der Waals surface area contributed by atoms with Crippen LogP contribution >= 0.6 is 34.0 Å². The summed E-state index contributed by atoms with van der Waals surface area (Å²) < 4.78 is 6.18. The molecule has 0 saturated carbocycles. The summed E-state index contributed by atoms with van der Waals surface area (Å²) in [4.78, 5) is 20.5. The molecule has 11 rings (SSSR count). The zero-order valence-corrected chi connectivity index (χ0v) is 30.5. The molecule has 0 aliphatic carbocycles. The SMILES string of the molecule is c1ccc(-c2nc(-c3cccc(-c4cccc5c4sc4ccccc45)c3)nc(-c3cccc4sc5ccc(-c6nc7ccccc7s6)cc5c34)n2)cc1. The Bertz CT molecular complexity index is 3160. The van der Waals surface area contributed by atoms with E-state index in [2.05, 4.69) is 133 Å². The quantitative estimate of drug-likeness (QED) is 0.177. The highest BCUT2D eigenvalue weighted by Crippen LogP contribution is 2.43. The predicted molar refractivity (Wildman–Crippen MR) is 226 cm³/mol. The van der Waals surface area contributed by atoms with E-state index in [0.717, 1.165) is 43.7 Å². The highest BCUT2D eigenvalue weighted by atomic mass is 32.1. The first-order chi connectivity index (χ1) is 26.2. The van der Waals surface area contributed by atoms with Crippen molar-refractivity contribution in [2.24, 2.45) is 0 Å². The molecule has 0 saturated heterocycles. The van der Waals surface area contributed by atoms with Crippen LogP contribution in [0, 0.1) is 0 Å². The molecule has 53 heavy (non-hydrogen) atoms. The average molecular weight is 731 g/mol. The molecule has 11 aromatic rings. The van der Waals surface area contributed by atoms with Gasteiger partial charge in [0, 0.05) is 62.6 Å². The van der Waals surface area contributed by atoms with Crippen molar-refractivity contribution in [2.75, 3.05) is 0 Å². The maximum absolute atomic E-state index is 5.25. The molecule has 7 heteroatoms. The summed E-state index contributed by atoms with van der Waals surface area (Å²) in [6.07, 6.45) is 0. The van der Waals surface area contributed by atoms with E-state index in [9.17, 15) is 0 Å². The Kier molecular flexibility index (Phi) is 7.05. The van der Waals surface area contributed by atoms with Crippen molar-refractivity contribution in [3.05, 3.63) is 158 Å². The number of fused-ring (bicyclic) bond motifs is 7. The van der Waals surface area contributed by atoms with Crippen molar-refractivity contribution in [3.63, 3.8) is 0 Å². The van der Waals surface area contributed by atoms with E-state index in [-0.39, 0.29) is 0 Å². The second kappa shape index (κ2) is 12.2.